The molecule has 116 valence electrons. The molecule has 1 aliphatic rings. The summed E-state index contributed by atoms with van der Waals surface area (Å²) in [4.78, 5) is 11.7. The van der Waals surface area contributed by atoms with E-state index in [0.717, 1.165) is 18.4 Å². The lowest BCUT2D eigenvalue weighted by atomic mass is 10.1. The summed E-state index contributed by atoms with van der Waals surface area (Å²) in [6.45, 7) is 2.29. The Morgan fingerprint density at radius 1 is 1.48 bits per heavy atom. The summed E-state index contributed by atoms with van der Waals surface area (Å²) < 4.78 is 11.1. The third-order valence-electron chi connectivity index (χ3n) is 3.34. The molecule has 1 unspecified atom stereocenters. The number of ether oxygens (including phenoxy) is 2. The first kappa shape index (κ1) is 15.6. The second-order valence-corrected chi connectivity index (χ2v) is 5.57. The Bertz CT molecular complexity index is 484. The van der Waals surface area contributed by atoms with Gasteiger partial charge in [-0.3, -0.25) is 4.79 Å². The van der Waals surface area contributed by atoms with E-state index in [9.17, 15) is 4.79 Å². The average molecular weight is 292 g/mol. The number of methoxy groups -OCH3 is 1. The molecule has 1 fully saturated rings. The van der Waals surface area contributed by atoms with Gasteiger partial charge in [0.25, 0.3) is 0 Å². The number of nitrogens with one attached hydrogen (secondary N) is 1. The molecule has 5 nitrogen and oxygen atoms in total. The van der Waals surface area contributed by atoms with Crippen LogP contribution in [0.1, 0.15) is 31.7 Å². The lowest BCUT2D eigenvalue weighted by molar-refractivity contribution is -0.121. The fraction of sp³-hybridized carbons (Fsp3) is 0.562. The van der Waals surface area contributed by atoms with Crippen LogP contribution in [-0.4, -0.2) is 31.7 Å². The van der Waals surface area contributed by atoms with Crippen LogP contribution in [0.5, 0.6) is 11.5 Å². The number of amides is 1. The first-order valence-corrected chi connectivity index (χ1v) is 7.43. The molecule has 1 atom stereocenters. The Balaban J connectivity index is 1.94. The number of benzene rings is 1. The lowest BCUT2D eigenvalue weighted by Gasteiger charge is -2.16. The smallest absolute Gasteiger partial charge is 0.223 e. The van der Waals surface area contributed by atoms with Crippen molar-refractivity contribution in [2.24, 2.45) is 5.73 Å². The van der Waals surface area contributed by atoms with Gasteiger partial charge >= 0.3 is 0 Å². The average Bonchev–Trinajstić information content (AvgIpc) is 3.23. The quantitative estimate of drug-likeness (QED) is 0.764. The van der Waals surface area contributed by atoms with E-state index < -0.39 is 0 Å². The Hall–Kier alpha value is -1.75. The SMILES string of the molecule is COc1cccc(CC(C)N)c1OCCC(=O)NC1CC1. The first-order valence-electron chi connectivity index (χ1n) is 7.43. The zero-order valence-electron chi connectivity index (χ0n) is 12.7. The van der Waals surface area contributed by atoms with Crippen molar-refractivity contribution in [2.45, 2.75) is 44.7 Å². The molecule has 1 aromatic rings. The number of carbonyl (C=O) groups is 1. The molecule has 0 spiro atoms. The van der Waals surface area contributed by atoms with Crippen molar-refractivity contribution in [3.63, 3.8) is 0 Å². The molecule has 0 radical (unpaired) electrons. The van der Waals surface area contributed by atoms with E-state index in [2.05, 4.69) is 5.32 Å². The van der Waals surface area contributed by atoms with Crippen LogP contribution < -0.4 is 20.5 Å². The Morgan fingerprint density at radius 2 is 2.24 bits per heavy atom. The van der Waals surface area contributed by atoms with Gasteiger partial charge in [0.1, 0.15) is 0 Å². The standard InChI is InChI=1S/C16H24N2O3/c1-11(17)10-12-4-3-5-14(20-2)16(12)21-9-8-15(19)18-13-6-7-13/h3-5,11,13H,6-10,17H2,1-2H3,(H,18,19). The number of nitrogens with two attached hydrogens (primary N) is 1. The van der Waals surface area contributed by atoms with Gasteiger partial charge < -0.3 is 20.5 Å². The predicted molar refractivity (Wildman–Crippen MR) is 81.6 cm³/mol. The van der Waals surface area contributed by atoms with Gasteiger partial charge in [-0.25, -0.2) is 0 Å². The number of para-hydroxylation sites is 1. The van der Waals surface area contributed by atoms with Crippen LogP contribution in [0.2, 0.25) is 0 Å². The van der Waals surface area contributed by atoms with Gasteiger partial charge in [0.05, 0.1) is 20.1 Å². The third-order valence-corrected chi connectivity index (χ3v) is 3.34. The molecule has 21 heavy (non-hydrogen) atoms. The zero-order chi connectivity index (χ0) is 15.2. The summed E-state index contributed by atoms with van der Waals surface area (Å²) in [5, 5.41) is 2.95. The molecule has 0 heterocycles. The molecule has 3 N–H and O–H groups in total. The number of carbonyl (C=O) groups excluding carboxylic acids is 1. The molecule has 0 aromatic heterocycles. The predicted octanol–water partition coefficient (Wildman–Crippen LogP) is 1.63. The van der Waals surface area contributed by atoms with Crippen LogP contribution in [0.25, 0.3) is 0 Å². The molecule has 5 heteroatoms. The van der Waals surface area contributed by atoms with Gasteiger partial charge in [-0.15, -0.1) is 0 Å². The van der Waals surface area contributed by atoms with Crippen molar-refractivity contribution < 1.29 is 14.3 Å². The van der Waals surface area contributed by atoms with Crippen LogP contribution in [0.3, 0.4) is 0 Å². The van der Waals surface area contributed by atoms with Crippen LogP contribution in [0.15, 0.2) is 18.2 Å². The normalized spacial score (nSPS) is 15.4. The second-order valence-electron chi connectivity index (χ2n) is 5.57. The molecule has 2 rings (SSSR count). The minimum Gasteiger partial charge on any atom is -0.493 e. The summed E-state index contributed by atoms with van der Waals surface area (Å²) in [6.07, 6.45) is 3.25. The largest absolute Gasteiger partial charge is 0.493 e. The van der Waals surface area contributed by atoms with Gasteiger partial charge in [-0.05, 0) is 37.8 Å². The van der Waals surface area contributed by atoms with E-state index in [1.807, 2.05) is 25.1 Å². The lowest BCUT2D eigenvalue weighted by Crippen LogP contribution is -2.26. The van der Waals surface area contributed by atoms with Crippen molar-refractivity contribution in [1.82, 2.24) is 5.32 Å². The van der Waals surface area contributed by atoms with Gasteiger partial charge in [-0.2, -0.15) is 0 Å². The number of hydrogen-bond donors (Lipinski definition) is 2. The van der Waals surface area contributed by atoms with E-state index in [1.165, 1.54) is 0 Å². The number of rotatable bonds is 8. The van der Waals surface area contributed by atoms with Gasteiger partial charge in [-0.1, -0.05) is 12.1 Å². The fourth-order valence-electron chi connectivity index (χ4n) is 2.17. The zero-order valence-corrected chi connectivity index (χ0v) is 12.7. The molecule has 1 aromatic carbocycles. The molecular formula is C16H24N2O3. The van der Waals surface area contributed by atoms with E-state index >= 15 is 0 Å². The van der Waals surface area contributed by atoms with Crippen LogP contribution >= 0.6 is 0 Å². The number of hydrogen-bond acceptors (Lipinski definition) is 4. The Labute approximate surface area is 125 Å². The molecule has 1 amide bonds. The summed E-state index contributed by atoms with van der Waals surface area (Å²) >= 11 is 0. The van der Waals surface area contributed by atoms with E-state index in [-0.39, 0.29) is 11.9 Å². The van der Waals surface area contributed by atoms with Crippen molar-refractivity contribution in [3.8, 4) is 11.5 Å². The highest BCUT2D eigenvalue weighted by Crippen LogP contribution is 2.32. The third kappa shape index (κ3) is 4.93. The fourth-order valence-corrected chi connectivity index (χ4v) is 2.17. The van der Waals surface area contributed by atoms with Crippen LogP contribution in [0, 0.1) is 0 Å². The van der Waals surface area contributed by atoms with E-state index in [1.54, 1.807) is 7.11 Å². The Morgan fingerprint density at radius 3 is 2.86 bits per heavy atom. The van der Waals surface area contributed by atoms with Gasteiger partial charge in [0.2, 0.25) is 5.91 Å². The van der Waals surface area contributed by atoms with Gasteiger partial charge in [0, 0.05) is 12.1 Å². The monoisotopic (exact) mass is 292 g/mol. The molecule has 0 aliphatic heterocycles. The second kappa shape index (κ2) is 7.31. The maximum Gasteiger partial charge on any atom is 0.223 e. The highest BCUT2D eigenvalue weighted by molar-refractivity contribution is 5.76. The topological polar surface area (TPSA) is 73.6 Å². The highest BCUT2D eigenvalue weighted by atomic mass is 16.5. The molecule has 0 saturated heterocycles. The minimum atomic E-state index is 0.0395. The van der Waals surface area contributed by atoms with Crippen molar-refractivity contribution in [3.05, 3.63) is 23.8 Å². The van der Waals surface area contributed by atoms with Crippen molar-refractivity contribution in [2.75, 3.05) is 13.7 Å². The maximum atomic E-state index is 11.7. The maximum absolute atomic E-state index is 11.7. The van der Waals surface area contributed by atoms with Crippen LogP contribution in [-0.2, 0) is 11.2 Å². The highest BCUT2D eigenvalue weighted by Gasteiger charge is 2.23. The van der Waals surface area contributed by atoms with Crippen LogP contribution in [0.4, 0.5) is 0 Å². The van der Waals surface area contributed by atoms with Crippen molar-refractivity contribution in [1.29, 1.82) is 0 Å². The summed E-state index contributed by atoms with van der Waals surface area (Å²) in [5.74, 6) is 1.41. The first-order chi connectivity index (χ1) is 10.1. The molecular weight excluding hydrogens is 268 g/mol. The van der Waals surface area contributed by atoms with E-state index in [0.29, 0.717) is 37.0 Å². The summed E-state index contributed by atoms with van der Waals surface area (Å²) in [6, 6.07) is 6.17. The van der Waals surface area contributed by atoms with Gasteiger partial charge in [0.15, 0.2) is 11.5 Å². The Kier molecular flexibility index (Phi) is 5.44. The minimum absolute atomic E-state index is 0.0395. The molecule has 0 bridgehead atoms. The molecule has 1 aliphatic carbocycles. The van der Waals surface area contributed by atoms with Crippen molar-refractivity contribution >= 4 is 5.91 Å². The molecule has 1 saturated carbocycles. The summed E-state index contributed by atoms with van der Waals surface area (Å²) in [7, 11) is 1.61. The summed E-state index contributed by atoms with van der Waals surface area (Å²) in [5.41, 5.74) is 6.87. The van der Waals surface area contributed by atoms with E-state index in [4.69, 9.17) is 15.2 Å².